The van der Waals surface area contributed by atoms with Crippen LogP contribution in [0, 0.1) is 0 Å². The van der Waals surface area contributed by atoms with E-state index in [0.717, 1.165) is 31.4 Å². The Morgan fingerprint density at radius 3 is 2.33 bits per heavy atom. The monoisotopic (exact) mass is 424 g/mol. The topological polar surface area (TPSA) is 102 Å². The van der Waals surface area contributed by atoms with E-state index >= 15 is 0 Å². The zero-order valence-corrected chi connectivity index (χ0v) is 18.3. The molecule has 1 heterocycles. The Kier molecular flexibility index (Phi) is 13.2. The molecule has 0 spiro atoms. The maximum Gasteiger partial charge on any atom is 0.330 e. The lowest BCUT2D eigenvalue weighted by atomic mass is 10.1. The molecule has 1 unspecified atom stereocenters. The van der Waals surface area contributed by atoms with Crippen LogP contribution in [0.4, 0.5) is 0 Å². The number of rotatable bonds is 14. The highest BCUT2D eigenvalue weighted by molar-refractivity contribution is 5.98. The minimum absolute atomic E-state index is 0.205. The summed E-state index contributed by atoms with van der Waals surface area (Å²) in [5.74, 6) is -2.05. The Balaban J connectivity index is 2.38. The molecule has 0 aromatic rings. The van der Waals surface area contributed by atoms with Gasteiger partial charge in [-0.1, -0.05) is 51.9 Å². The molecular formula is C22H36N2O6. The van der Waals surface area contributed by atoms with E-state index in [4.69, 9.17) is 9.47 Å². The molecule has 1 fully saturated rings. The van der Waals surface area contributed by atoms with Gasteiger partial charge in [0.1, 0.15) is 6.04 Å². The first-order chi connectivity index (χ1) is 14.5. The third kappa shape index (κ3) is 10.4. The fraction of sp³-hybridized carbons (Fsp3) is 0.727. The first kappa shape index (κ1) is 25.7. The van der Waals surface area contributed by atoms with Gasteiger partial charge in [0.2, 0.25) is 11.8 Å². The minimum atomic E-state index is -0.941. The van der Waals surface area contributed by atoms with E-state index in [1.54, 1.807) is 6.92 Å². The van der Waals surface area contributed by atoms with Crippen molar-refractivity contribution in [3.63, 3.8) is 0 Å². The molecule has 0 bridgehead atoms. The molecule has 0 radical (unpaired) electrons. The van der Waals surface area contributed by atoms with Crippen LogP contribution in [0.2, 0.25) is 0 Å². The molecular weight excluding hydrogens is 388 g/mol. The summed E-state index contributed by atoms with van der Waals surface area (Å²) < 4.78 is 9.99. The van der Waals surface area contributed by atoms with Gasteiger partial charge < -0.3 is 19.7 Å². The van der Waals surface area contributed by atoms with Crippen LogP contribution in [0.1, 0.15) is 71.6 Å². The predicted octanol–water partition coefficient (Wildman–Crippen LogP) is 2.51. The fourth-order valence-corrected chi connectivity index (χ4v) is 3.25. The van der Waals surface area contributed by atoms with Crippen molar-refractivity contribution in [1.29, 1.82) is 0 Å². The molecule has 0 aromatic carbocycles. The molecule has 2 amide bonds. The van der Waals surface area contributed by atoms with Gasteiger partial charge in [0.25, 0.3) is 0 Å². The summed E-state index contributed by atoms with van der Waals surface area (Å²) in [6.07, 6.45) is 11.1. The van der Waals surface area contributed by atoms with Crippen LogP contribution in [0.15, 0.2) is 12.2 Å². The van der Waals surface area contributed by atoms with Gasteiger partial charge in [0.15, 0.2) is 0 Å². The van der Waals surface area contributed by atoms with Crippen LogP contribution in [-0.2, 0) is 28.7 Å². The number of unbranched alkanes of at least 4 members (excludes halogenated alkanes) is 7. The van der Waals surface area contributed by atoms with Crippen molar-refractivity contribution in [3.05, 3.63) is 12.2 Å². The molecule has 0 aromatic heterocycles. The van der Waals surface area contributed by atoms with Crippen LogP contribution in [0.3, 0.4) is 0 Å². The molecule has 1 N–H and O–H groups in total. The number of piperazine rings is 1. The number of carbonyl (C=O) groups excluding carboxylic acids is 4. The average molecular weight is 425 g/mol. The maximum atomic E-state index is 12.4. The van der Waals surface area contributed by atoms with Gasteiger partial charge in [-0.2, -0.15) is 0 Å². The summed E-state index contributed by atoms with van der Waals surface area (Å²) in [5, 5.41) is 2.66. The Morgan fingerprint density at radius 1 is 1.00 bits per heavy atom. The van der Waals surface area contributed by atoms with Crippen LogP contribution >= 0.6 is 0 Å². The van der Waals surface area contributed by atoms with E-state index in [1.165, 1.54) is 37.0 Å². The molecule has 1 atom stereocenters. The maximum absolute atomic E-state index is 12.4. The van der Waals surface area contributed by atoms with Crippen LogP contribution in [-0.4, -0.2) is 61.0 Å². The second kappa shape index (κ2) is 15.5. The quantitative estimate of drug-likeness (QED) is 0.261. The second-order valence-corrected chi connectivity index (χ2v) is 7.32. The summed E-state index contributed by atoms with van der Waals surface area (Å²) in [4.78, 5) is 49.4. The molecule has 1 aliphatic heterocycles. The molecule has 0 saturated carbocycles. The third-order valence-electron chi connectivity index (χ3n) is 4.88. The van der Waals surface area contributed by atoms with Gasteiger partial charge in [-0.15, -0.1) is 0 Å². The lowest BCUT2D eigenvalue weighted by molar-refractivity contribution is -0.151. The van der Waals surface area contributed by atoms with E-state index in [-0.39, 0.29) is 19.6 Å². The van der Waals surface area contributed by atoms with Crippen molar-refractivity contribution in [2.24, 2.45) is 0 Å². The summed E-state index contributed by atoms with van der Waals surface area (Å²) in [6, 6.07) is -0.941. The fourth-order valence-electron chi connectivity index (χ4n) is 3.25. The lowest BCUT2D eigenvalue weighted by Gasteiger charge is -2.33. The van der Waals surface area contributed by atoms with E-state index in [1.807, 2.05) is 0 Å². The Morgan fingerprint density at radius 2 is 1.67 bits per heavy atom. The smallest absolute Gasteiger partial charge is 0.330 e. The van der Waals surface area contributed by atoms with E-state index < -0.39 is 29.8 Å². The molecule has 1 rings (SSSR count). The molecule has 8 heteroatoms. The summed E-state index contributed by atoms with van der Waals surface area (Å²) >= 11 is 0. The van der Waals surface area contributed by atoms with Crippen LogP contribution in [0.25, 0.3) is 0 Å². The highest BCUT2D eigenvalue weighted by Gasteiger charge is 2.34. The predicted molar refractivity (Wildman–Crippen MR) is 112 cm³/mol. The first-order valence-electron chi connectivity index (χ1n) is 11.1. The average Bonchev–Trinajstić information content (AvgIpc) is 2.72. The van der Waals surface area contributed by atoms with Gasteiger partial charge >= 0.3 is 11.9 Å². The molecule has 0 aliphatic carbocycles. The standard InChI is InChI=1S/C22H36N2O6/c1-3-5-6-7-8-9-10-11-16-30-21(27)17-18-22(28)23-14-15-24(18)19(25)12-13-20(26)29-4-2/h12-13,18H,3-11,14-17H2,1-2H3,(H,23,28)/b13-12+. The number of hydrogen-bond acceptors (Lipinski definition) is 6. The highest BCUT2D eigenvalue weighted by atomic mass is 16.5. The van der Waals surface area contributed by atoms with Crippen molar-refractivity contribution in [3.8, 4) is 0 Å². The third-order valence-corrected chi connectivity index (χ3v) is 4.88. The largest absolute Gasteiger partial charge is 0.466 e. The van der Waals surface area contributed by atoms with E-state index in [9.17, 15) is 19.2 Å². The van der Waals surface area contributed by atoms with Crippen LogP contribution < -0.4 is 5.32 Å². The summed E-state index contributed by atoms with van der Waals surface area (Å²) in [6.45, 7) is 4.93. The summed E-state index contributed by atoms with van der Waals surface area (Å²) in [7, 11) is 0. The number of esters is 2. The number of nitrogens with zero attached hydrogens (tertiary/aromatic N) is 1. The normalized spacial score (nSPS) is 16.4. The summed E-state index contributed by atoms with van der Waals surface area (Å²) in [5.41, 5.74) is 0. The number of hydrogen-bond donors (Lipinski definition) is 1. The van der Waals surface area contributed by atoms with Crippen LogP contribution in [0.5, 0.6) is 0 Å². The SMILES string of the molecule is CCCCCCCCCCOC(=O)CC1C(=O)NCCN1C(=O)/C=C/C(=O)OCC. The van der Waals surface area contributed by atoms with E-state index in [0.29, 0.717) is 13.2 Å². The van der Waals surface area contributed by atoms with Crippen molar-refractivity contribution in [1.82, 2.24) is 10.2 Å². The van der Waals surface area contributed by atoms with Crippen molar-refractivity contribution < 1.29 is 28.7 Å². The van der Waals surface area contributed by atoms with Crippen molar-refractivity contribution in [2.45, 2.75) is 77.7 Å². The zero-order valence-electron chi connectivity index (χ0n) is 18.3. The lowest BCUT2D eigenvalue weighted by Crippen LogP contribution is -2.57. The second-order valence-electron chi connectivity index (χ2n) is 7.32. The number of nitrogens with one attached hydrogen (secondary N) is 1. The molecule has 30 heavy (non-hydrogen) atoms. The zero-order chi connectivity index (χ0) is 22.2. The molecule has 1 saturated heterocycles. The molecule has 170 valence electrons. The first-order valence-corrected chi connectivity index (χ1v) is 11.1. The number of amides is 2. The highest BCUT2D eigenvalue weighted by Crippen LogP contribution is 2.12. The van der Waals surface area contributed by atoms with Crippen molar-refractivity contribution >= 4 is 23.8 Å². The van der Waals surface area contributed by atoms with Gasteiger partial charge in [0.05, 0.1) is 19.6 Å². The Bertz CT molecular complexity index is 590. The van der Waals surface area contributed by atoms with Gasteiger partial charge in [-0.3, -0.25) is 14.4 Å². The number of carbonyl (C=O) groups is 4. The van der Waals surface area contributed by atoms with Crippen molar-refractivity contribution in [2.75, 3.05) is 26.3 Å². The van der Waals surface area contributed by atoms with Gasteiger partial charge in [0, 0.05) is 25.2 Å². The minimum Gasteiger partial charge on any atom is -0.466 e. The Labute approximate surface area is 179 Å². The van der Waals surface area contributed by atoms with E-state index in [2.05, 4.69) is 12.2 Å². The van der Waals surface area contributed by atoms with Gasteiger partial charge in [-0.05, 0) is 13.3 Å². The Hall–Kier alpha value is -2.38. The molecule has 8 nitrogen and oxygen atoms in total. The van der Waals surface area contributed by atoms with Gasteiger partial charge in [-0.25, -0.2) is 4.79 Å². The number of ether oxygens (including phenoxy) is 2. The molecule has 1 aliphatic rings.